The van der Waals surface area contributed by atoms with E-state index in [0.29, 0.717) is 17.5 Å². The highest BCUT2D eigenvalue weighted by Crippen LogP contribution is 2.24. The Morgan fingerprint density at radius 2 is 1.73 bits per heavy atom. The van der Waals surface area contributed by atoms with Crippen LogP contribution in [-0.2, 0) is 14.8 Å². The first-order valence-electron chi connectivity index (χ1n) is 8.44. The summed E-state index contributed by atoms with van der Waals surface area (Å²) in [5, 5.41) is 2.84. The number of anilines is 1. The van der Waals surface area contributed by atoms with Gasteiger partial charge in [-0.1, -0.05) is 17.7 Å². The minimum Gasteiger partial charge on any atom is -0.484 e. The lowest BCUT2D eigenvalue weighted by Gasteiger charge is -2.20. The predicted molar refractivity (Wildman–Crippen MR) is 99.9 cm³/mol. The van der Waals surface area contributed by atoms with E-state index in [9.17, 15) is 13.2 Å². The average Bonchev–Trinajstić information content (AvgIpc) is 3.44. The molecule has 3 rings (SSSR count). The van der Waals surface area contributed by atoms with Crippen LogP contribution in [0.4, 0.5) is 5.69 Å². The summed E-state index contributed by atoms with van der Waals surface area (Å²) in [6, 6.07) is 13.6. The van der Waals surface area contributed by atoms with Crippen LogP contribution in [0.25, 0.3) is 0 Å². The summed E-state index contributed by atoms with van der Waals surface area (Å²) >= 11 is 0. The lowest BCUT2D eigenvalue weighted by molar-refractivity contribution is -0.123. The van der Waals surface area contributed by atoms with E-state index in [1.54, 1.807) is 48.5 Å². The number of benzene rings is 2. The smallest absolute Gasteiger partial charge is 0.264 e. The molecule has 0 unspecified atom stereocenters. The summed E-state index contributed by atoms with van der Waals surface area (Å²) in [4.78, 5) is 11.9. The summed E-state index contributed by atoms with van der Waals surface area (Å²) in [5.74, 6) is 0.372. The van der Waals surface area contributed by atoms with Gasteiger partial charge in [-0.3, -0.25) is 9.10 Å². The topological polar surface area (TPSA) is 75.7 Å². The van der Waals surface area contributed by atoms with E-state index in [1.165, 1.54) is 11.4 Å². The second-order valence-electron chi connectivity index (χ2n) is 6.41. The van der Waals surface area contributed by atoms with Gasteiger partial charge >= 0.3 is 0 Å². The molecule has 1 N–H and O–H groups in total. The molecular formula is C19H22N2O4S. The van der Waals surface area contributed by atoms with Crippen LogP contribution in [0, 0.1) is 6.92 Å². The van der Waals surface area contributed by atoms with Gasteiger partial charge in [0.1, 0.15) is 5.75 Å². The minimum atomic E-state index is -3.63. The quantitative estimate of drug-likeness (QED) is 0.808. The molecule has 2 aromatic carbocycles. The molecule has 0 atom stereocenters. The van der Waals surface area contributed by atoms with E-state index in [-0.39, 0.29) is 17.4 Å². The highest BCUT2D eigenvalue weighted by molar-refractivity contribution is 7.92. The molecule has 0 aliphatic heterocycles. The van der Waals surface area contributed by atoms with Crippen molar-refractivity contribution < 1.29 is 17.9 Å². The Balaban J connectivity index is 1.65. The average molecular weight is 374 g/mol. The molecule has 0 heterocycles. The fourth-order valence-corrected chi connectivity index (χ4v) is 3.60. The molecule has 138 valence electrons. The van der Waals surface area contributed by atoms with Crippen molar-refractivity contribution in [1.82, 2.24) is 5.32 Å². The SMILES string of the molecule is Cc1ccc(S(=O)(=O)N(C)c2ccc(OCC(=O)NC3CC3)cc2)cc1. The number of carbonyl (C=O) groups excluding carboxylic acids is 1. The van der Waals surface area contributed by atoms with Gasteiger partial charge in [0.2, 0.25) is 0 Å². The van der Waals surface area contributed by atoms with Crippen molar-refractivity contribution in [3.8, 4) is 5.75 Å². The molecule has 0 saturated heterocycles. The van der Waals surface area contributed by atoms with Crippen molar-refractivity contribution in [2.24, 2.45) is 0 Å². The fraction of sp³-hybridized carbons (Fsp3) is 0.316. The minimum absolute atomic E-state index is 0.0483. The van der Waals surface area contributed by atoms with E-state index in [4.69, 9.17) is 4.74 Å². The number of nitrogens with zero attached hydrogens (tertiary/aromatic N) is 1. The largest absolute Gasteiger partial charge is 0.484 e. The molecule has 2 aromatic rings. The highest BCUT2D eigenvalue weighted by Gasteiger charge is 2.23. The fourth-order valence-electron chi connectivity index (χ4n) is 2.41. The number of hydrogen-bond acceptors (Lipinski definition) is 4. The van der Waals surface area contributed by atoms with Gasteiger partial charge in [0, 0.05) is 13.1 Å². The third-order valence-electron chi connectivity index (χ3n) is 4.19. The molecule has 0 bridgehead atoms. The van der Waals surface area contributed by atoms with Gasteiger partial charge in [-0.15, -0.1) is 0 Å². The van der Waals surface area contributed by atoms with Crippen molar-refractivity contribution in [3.63, 3.8) is 0 Å². The zero-order chi connectivity index (χ0) is 18.7. The monoisotopic (exact) mass is 374 g/mol. The Kier molecular flexibility index (Phi) is 5.18. The van der Waals surface area contributed by atoms with Gasteiger partial charge in [0.05, 0.1) is 10.6 Å². The highest BCUT2D eigenvalue weighted by atomic mass is 32.2. The lowest BCUT2D eigenvalue weighted by Crippen LogP contribution is -2.30. The number of nitrogens with one attached hydrogen (secondary N) is 1. The molecule has 26 heavy (non-hydrogen) atoms. The Bertz CT molecular complexity index is 873. The van der Waals surface area contributed by atoms with Crippen molar-refractivity contribution in [2.45, 2.75) is 30.7 Å². The van der Waals surface area contributed by atoms with E-state index in [0.717, 1.165) is 18.4 Å². The molecule has 0 radical (unpaired) electrons. The van der Waals surface area contributed by atoms with Crippen LogP contribution in [0.15, 0.2) is 53.4 Å². The third-order valence-corrected chi connectivity index (χ3v) is 5.99. The van der Waals surface area contributed by atoms with E-state index < -0.39 is 10.0 Å². The van der Waals surface area contributed by atoms with Crippen LogP contribution in [0.1, 0.15) is 18.4 Å². The second-order valence-corrected chi connectivity index (χ2v) is 8.38. The van der Waals surface area contributed by atoms with Gasteiger partial charge < -0.3 is 10.1 Å². The number of rotatable bonds is 7. The van der Waals surface area contributed by atoms with Gasteiger partial charge in [-0.05, 0) is 56.2 Å². The second kappa shape index (κ2) is 7.37. The maximum absolute atomic E-state index is 12.7. The van der Waals surface area contributed by atoms with E-state index in [1.807, 2.05) is 6.92 Å². The van der Waals surface area contributed by atoms with Crippen LogP contribution in [0.2, 0.25) is 0 Å². The summed E-state index contributed by atoms with van der Waals surface area (Å²) in [6.07, 6.45) is 2.06. The molecule has 0 aromatic heterocycles. The molecular weight excluding hydrogens is 352 g/mol. The number of hydrogen-bond donors (Lipinski definition) is 1. The molecule has 1 fully saturated rings. The van der Waals surface area contributed by atoms with Crippen molar-refractivity contribution in [3.05, 3.63) is 54.1 Å². The molecule has 6 nitrogen and oxygen atoms in total. The van der Waals surface area contributed by atoms with Crippen molar-refractivity contribution in [1.29, 1.82) is 0 Å². The van der Waals surface area contributed by atoms with Crippen LogP contribution in [-0.4, -0.2) is 34.0 Å². The third kappa shape index (κ3) is 4.35. The summed E-state index contributed by atoms with van der Waals surface area (Å²) in [5.41, 5.74) is 1.51. The molecule has 1 saturated carbocycles. The molecule has 0 spiro atoms. The Morgan fingerprint density at radius 1 is 1.12 bits per heavy atom. The summed E-state index contributed by atoms with van der Waals surface area (Å²) in [6.45, 7) is 1.86. The van der Waals surface area contributed by atoms with Gasteiger partial charge in [-0.25, -0.2) is 8.42 Å². The van der Waals surface area contributed by atoms with E-state index in [2.05, 4.69) is 5.32 Å². The first kappa shape index (κ1) is 18.3. The molecule has 1 aliphatic carbocycles. The first-order chi connectivity index (χ1) is 12.4. The molecule has 1 aliphatic rings. The van der Waals surface area contributed by atoms with Crippen LogP contribution in [0.5, 0.6) is 5.75 Å². The van der Waals surface area contributed by atoms with Crippen LogP contribution >= 0.6 is 0 Å². The Hall–Kier alpha value is -2.54. The maximum atomic E-state index is 12.7. The zero-order valence-corrected chi connectivity index (χ0v) is 15.6. The Labute approximate surface area is 153 Å². The number of sulfonamides is 1. The predicted octanol–water partition coefficient (Wildman–Crippen LogP) is 2.48. The van der Waals surface area contributed by atoms with Crippen molar-refractivity contribution >= 4 is 21.6 Å². The van der Waals surface area contributed by atoms with Gasteiger partial charge in [-0.2, -0.15) is 0 Å². The van der Waals surface area contributed by atoms with E-state index >= 15 is 0 Å². The van der Waals surface area contributed by atoms with Gasteiger partial charge in [0.15, 0.2) is 6.61 Å². The number of ether oxygens (including phenoxy) is 1. The first-order valence-corrected chi connectivity index (χ1v) is 9.88. The van der Waals surface area contributed by atoms with Crippen LogP contribution < -0.4 is 14.4 Å². The summed E-state index contributed by atoms with van der Waals surface area (Å²) in [7, 11) is -2.12. The van der Waals surface area contributed by atoms with Crippen LogP contribution in [0.3, 0.4) is 0 Å². The summed E-state index contributed by atoms with van der Waals surface area (Å²) < 4.78 is 32.0. The lowest BCUT2D eigenvalue weighted by atomic mass is 10.2. The molecule has 1 amide bonds. The standard InChI is InChI=1S/C19H22N2O4S/c1-14-3-11-18(12-4-14)26(23,24)21(2)16-7-9-17(10-8-16)25-13-19(22)20-15-5-6-15/h3-4,7-12,15H,5-6,13H2,1-2H3,(H,20,22). The van der Waals surface area contributed by atoms with Gasteiger partial charge in [0.25, 0.3) is 15.9 Å². The molecule has 7 heteroatoms. The normalized spacial score (nSPS) is 13.9. The maximum Gasteiger partial charge on any atom is 0.264 e. The number of aryl methyl sites for hydroxylation is 1. The number of amides is 1. The van der Waals surface area contributed by atoms with Crippen molar-refractivity contribution in [2.75, 3.05) is 18.0 Å². The Morgan fingerprint density at radius 3 is 2.31 bits per heavy atom. The zero-order valence-electron chi connectivity index (χ0n) is 14.8. The number of carbonyl (C=O) groups is 1.